The molecule has 2 aromatic rings. The zero-order valence-corrected chi connectivity index (χ0v) is 15.2. The maximum atomic E-state index is 11.0. The summed E-state index contributed by atoms with van der Waals surface area (Å²) in [4.78, 5) is 4.52. The molecule has 0 fully saturated rings. The zero-order chi connectivity index (χ0) is 17.2. The first kappa shape index (κ1) is 17.3. The minimum atomic E-state index is -3.93. The lowest BCUT2D eigenvalue weighted by molar-refractivity contribution is 0.481. The Morgan fingerprint density at radius 3 is 2.58 bits per heavy atom. The highest BCUT2D eigenvalue weighted by Gasteiger charge is 2.23. The van der Waals surface area contributed by atoms with E-state index in [0.29, 0.717) is 13.0 Å². The summed E-state index contributed by atoms with van der Waals surface area (Å²) in [5, 5.41) is 0. The summed E-state index contributed by atoms with van der Waals surface area (Å²) in [6, 6.07) is 14.7. The molecule has 4 nitrogen and oxygen atoms in total. The van der Waals surface area contributed by atoms with Crippen molar-refractivity contribution in [1.82, 2.24) is 0 Å². The number of aryl methyl sites for hydroxylation is 1. The topological polar surface area (TPSA) is 57.6 Å². The monoisotopic (exact) mass is 363 g/mol. The predicted octanol–water partition coefficient (Wildman–Crippen LogP) is 4.52. The Labute approximate surface area is 147 Å². The SMILES string of the molecule is CCCc1ccc2c(c1)N(CCCS(=O)(=O)O)c1ccccc1S2. The molecule has 3 rings (SSSR count). The zero-order valence-electron chi connectivity index (χ0n) is 13.6. The molecule has 1 heterocycles. The van der Waals surface area contributed by atoms with Gasteiger partial charge in [0.15, 0.2) is 0 Å². The van der Waals surface area contributed by atoms with Crippen LogP contribution in [0.1, 0.15) is 25.3 Å². The first-order chi connectivity index (χ1) is 11.5. The normalized spacial score (nSPS) is 13.5. The molecule has 0 aliphatic carbocycles. The number of para-hydroxylation sites is 1. The van der Waals surface area contributed by atoms with Crippen molar-refractivity contribution in [2.75, 3.05) is 17.2 Å². The number of rotatable bonds is 6. The van der Waals surface area contributed by atoms with Gasteiger partial charge in [-0.15, -0.1) is 0 Å². The van der Waals surface area contributed by atoms with E-state index in [1.807, 2.05) is 12.1 Å². The molecule has 0 amide bonds. The van der Waals surface area contributed by atoms with Crippen molar-refractivity contribution in [2.24, 2.45) is 0 Å². The molecule has 128 valence electrons. The molecule has 0 radical (unpaired) electrons. The van der Waals surface area contributed by atoms with Gasteiger partial charge >= 0.3 is 0 Å². The van der Waals surface area contributed by atoms with Gasteiger partial charge in [0, 0.05) is 16.3 Å². The lowest BCUT2D eigenvalue weighted by atomic mass is 10.1. The highest BCUT2D eigenvalue weighted by Crippen LogP contribution is 2.48. The number of hydrogen-bond donors (Lipinski definition) is 1. The van der Waals surface area contributed by atoms with Crippen LogP contribution in [0.25, 0.3) is 0 Å². The molecule has 0 saturated heterocycles. The Bertz CT molecular complexity index is 834. The van der Waals surface area contributed by atoms with Gasteiger partial charge in [0.2, 0.25) is 0 Å². The molecule has 1 aliphatic rings. The summed E-state index contributed by atoms with van der Waals surface area (Å²) < 4.78 is 31.1. The Morgan fingerprint density at radius 2 is 1.83 bits per heavy atom. The van der Waals surface area contributed by atoms with Crippen LogP contribution in [-0.2, 0) is 16.5 Å². The van der Waals surface area contributed by atoms with Crippen LogP contribution in [0.5, 0.6) is 0 Å². The van der Waals surface area contributed by atoms with E-state index in [1.54, 1.807) is 11.8 Å². The number of hydrogen-bond acceptors (Lipinski definition) is 4. The highest BCUT2D eigenvalue weighted by atomic mass is 32.2. The van der Waals surface area contributed by atoms with Crippen LogP contribution < -0.4 is 4.90 Å². The molecule has 2 aromatic carbocycles. The fourth-order valence-corrected chi connectivity index (χ4v) is 4.54. The number of fused-ring (bicyclic) bond motifs is 2. The van der Waals surface area contributed by atoms with Gasteiger partial charge in [-0.25, -0.2) is 0 Å². The third kappa shape index (κ3) is 3.94. The highest BCUT2D eigenvalue weighted by molar-refractivity contribution is 7.99. The van der Waals surface area contributed by atoms with Crippen LogP contribution in [0.2, 0.25) is 0 Å². The minimum Gasteiger partial charge on any atom is -0.340 e. The van der Waals surface area contributed by atoms with Gasteiger partial charge in [-0.2, -0.15) is 8.42 Å². The van der Waals surface area contributed by atoms with E-state index in [0.717, 1.165) is 24.2 Å². The number of nitrogens with zero attached hydrogens (tertiary/aromatic N) is 1. The van der Waals surface area contributed by atoms with Gasteiger partial charge in [0.1, 0.15) is 0 Å². The molecule has 0 bridgehead atoms. The maximum absolute atomic E-state index is 11.0. The Morgan fingerprint density at radius 1 is 1.08 bits per heavy atom. The average Bonchev–Trinajstić information content (AvgIpc) is 2.54. The molecular weight excluding hydrogens is 342 g/mol. The van der Waals surface area contributed by atoms with Crippen molar-refractivity contribution in [3.05, 3.63) is 48.0 Å². The Hall–Kier alpha value is -1.50. The van der Waals surface area contributed by atoms with E-state index in [-0.39, 0.29) is 5.75 Å². The molecule has 1 N–H and O–H groups in total. The molecule has 1 aliphatic heterocycles. The lowest BCUT2D eigenvalue weighted by Gasteiger charge is -2.33. The Balaban J connectivity index is 1.94. The molecule has 0 atom stereocenters. The van der Waals surface area contributed by atoms with Crippen molar-refractivity contribution in [2.45, 2.75) is 36.0 Å². The van der Waals surface area contributed by atoms with Crippen LogP contribution in [0.4, 0.5) is 11.4 Å². The summed E-state index contributed by atoms with van der Waals surface area (Å²) in [5.41, 5.74) is 3.51. The third-order valence-electron chi connectivity index (χ3n) is 4.01. The summed E-state index contributed by atoms with van der Waals surface area (Å²) in [6.07, 6.45) is 2.50. The number of anilines is 2. The van der Waals surface area contributed by atoms with Crippen molar-refractivity contribution in [3.8, 4) is 0 Å². The molecular formula is C18H21NO3S2. The van der Waals surface area contributed by atoms with Crippen molar-refractivity contribution in [1.29, 1.82) is 0 Å². The van der Waals surface area contributed by atoms with E-state index in [4.69, 9.17) is 4.55 Å². The quantitative estimate of drug-likeness (QED) is 0.765. The summed E-state index contributed by atoms with van der Waals surface area (Å²) >= 11 is 1.74. The van der Waals surface area contributed by atoms with E-state index in [9.17, 15) is 8.42 Å². The van der Waals surface area contributed by atoms with Gasteiger partial charge in [0.25, 0.3) is 10.1 Å². The van der Waals surface area contributed by atoms with Gasteiger partial charge in [-0.3, -0.25) is 4.55 Å². The minimum absolute atomic E-state index is 0.219. The smallest absolute Gasteiger partial charge is 0.264 e. The second kappa shape index (κ2) is 7.17. The van der Waals surface area contributed by atoms with Crippen LogP contribution in [0.15, 0.2) is 52.3 Å². The molecule has 0 spiro atoms. The third-order valence-corrected chi connectivity index (χ3v) is 5.95. The van der Waals surface area contributed by atoms with E-state index in [1.165, 1.54) is 15.4 Å². The maximum Gasteiger partial charge on any atom is 0.264 e. The van der Waals surface area contributed by atoms with E-state index in [2.05, 4.69) is 42.2 Å². The second-order valence-electron chi connectivity index (χ2n) is 5.91. The van der Waals surface area contributed by atoms with Gasteiger partial charge in [-0.1, -0.05) is 43.3 Å². The first-order valence-corrected chi connectivity index (χ1v) is 10.5. The van der Waals surface area contributed by atoms with E-state index < -0.39 is 10.1 Å². The Kier molecular flexibility index (Phi) is 5.18. The van der Waals surface area contributed by atoms with Crippen molar-refractivity contribution >= 4 is 33.3 Å². The van der Waals surface area contributed by atoms with Gasteiger partial charge in [0.05, 0.1) is 17.1 Å². The standard InChI is InChI=1S/C18H21NO3S2/c1-2-6-14-9-10-18-16(13-14)19(11-5-12-24(20,21)22)15-7-3-4-8-17(15)23-18/h3-4,7-10,13H,2,5-6,11-12H2,1H3,(H,20,21,22). The van der Waals surface area contributed by atoms with Crippen LogP contribution in [0.3, 0.4) is 0 Å². The van der Waals surface area contributed by atoms with Crippen LogP contribution >= 0.6 is 11.8 Å². The number of benzene rings is 2. The summed E-state index contributed by atoms with van der Waals surface area (Å²) in [7, 11) is -3.93. The molecule has 0 saturated carbocycles. The van der Waals surface area contributed by atoms with Gasteiger partial charge in [-0.05, 0) is 42.7 Å². The predicted molar refractivity (Wildman–Crippen MR) is 99.0 cm³/mol. The van der Waals surface area contributed by atoms with Crippen molar-refractivity contribution in [3.63, 3.8) is 0 Å². The van der Waals surface area contributed by atoms with Gasteiger partial charge < -0.3 is 4.90 Å². The van der Waals surface area contributed by atoms with E-state index >= 15 is 0 Å². The van der Waals surface area contributed by atoms with Crippen LogP contribution in [-0.4, -0.2) is 25.3 Å². The molecule has 24 heavy (non-hydrogen) atoms. The first-order valence-electron chi connectivity index (χ1n) is 8.10. The van der Waals surface area contributed by atoms with Crippen LogP contribution in [0, 0.1) is 0 Å². The second-order valence-corrected chi connectivity index (χ2v) is 8.57. The summed E-state index contributed by atoms with van der Waals surface area (Å²) in [5.74, 6) is -0.219. The molecule has 6 heteroatoms. The lowest BCUT2D eigenvalue weighted by Crippen LogP contribution is -2.24. The molecule has 0 unspecified atom stereocenters. The average molecular weight is 364 g/mol. The molecule has 0 aromatic heterocycles. The van der Waals surface area contributed by atoms with Crippen molar-refractivity contribution < 1.29 is 13.0 Å². The summed E-state index contributed by atoms with van der Waals surface area (Å²) in [6.45, 7) is 2.72. The fraction of sp³-hybridized carbons (Fsp3) is 0.333. The largest absolute Gasteiger partial charge is 0.340 e. The fourth-order valence-electron chi connectivity index (χ4n) is 2.97.